The number of aliphatic hydroxyl groups is 2. The highest BCUT2D eigenvalue weighted by Crippen LogP contribution is 2.26. The molecule has 2 N–H and O–H groups in total. The van der Waals surface area contributed by atoms with Crippen molar-refractivity contribution in [2.45, 2.75) is 32.0 Å². The van der Waals surface area contributed by atoms with Crippen LogP contribution in [-0.2, 0) is 6.42 Å². The summed E-state index contributed by atoms with van der Waals surface area (Å²) in [6.45, 7) is 1.56. The Kier molecular flexibility index (Phi) is 4.87. The summed E-state index contributed by atoms with van der Waals surface area (Å²) < 4.78 is 0. The summed E-state index contributed by atoms with van der Waals surface area (Å²) in [6, 6.07) is 5.40. The molecule has 1 aromatic rings. The Labute approximate surface area is 99.5 Å². The zero-order valence-electron chi connectivity index (χ0n) is 8.45. The average molecular weight is 249 g/mol. The average Bonchev–Trinajstić information content (AvgIpc) is 2.19. The van der Waals surface area contributed by atoms with Gasteiger partial charge in [-0.1, -0.05) is 35.3 Å². The number of halogens is 2. The second-order valence-electron chi connectivity index (χ2n) is 3.56. The maximum Gasteiger partial charge on any atom is 0.0799 e. The minimum Gasteiger partial charge on any atom is -0.391 e. The van der Waals surface area contributed by atoms with Gasteiger partial charge in [-0.25, -0.2) is 0 Å². The van der Waals surface area contributed by atoms with Crippen molar-refractivity contribution in [3.8, 4) is 0 Å². The monoisotopic (exact) mass is 248 g/mol. The Morgan fingerprint density at radius 1 is 1.27 bits per heavy atom. The summed E-state index contributed by atoms with van der Waals surface area (Å²) in [6.07, 6.45) is -0.369. The third-order valence-corrected chi connectivity index (χ3v) is 3.16. The van der Waals surface area contributed by atoms with Crippen LogP contribution >= 0.6 is 23.2 Å². The van der Waals surface area contributed by atoms with Crippen LogP contribution < -0.4 is 0 Å². The van der Waals surface area contributed by atoms with E-state index in [1.807, 2.05) is 12.1 Å². The molecule has 0 saturated heterocycles. The molecule has 0 heterocycles. The van der Waals surface area contributed by atoms with Crippen molar-refractivity contribution in [1.82, 2.24) is 0 Å². The molecule has 0 bridgehead atoms. The van der Waals surface area contributed by atoms with E-state index in [-0.39, 0.29) is 0 Å². The molecule has 2 nitrogen and oxygen atoms in total. The van der Waals surface area contributed by atoms with Gasteiger partial charge in [0.05, 0.1) is 22.3 Å². The van der Waals surface area contributed by atoms with Crippen LogP contribution in [0.3, 0.4) is 0 Å². The Balaban J connectivity index is 2.62. The van der Waals surface area contributed by atoms with Crippen LogP contribution in [0.4, 0.5) is 0 Å². The number of aliphatic hydroxyl groups excluding tert-OH is 2. The standard InChI is InChI=1S/C11H14Cl2O2/c1-7(14)10(15)6-5-8-3-2-4-9(12)11(8)13/h2-4,7,10,14-15H,5-6H2,1H3. The molecule has 0 spiro atoms. The van der Waals surface area contributed by atoms with Gasteiger partial charge in [0.2, 0.25) is 0 Å². The van der Waals surface area contributed by atoms with Gasteiger partial charge < -0.3 is 10.2 Å². The Hall–Kier alpha value is -0.280. The maximum atomic E-state index is 9.42. The first-order valence-corrected chi connectivity index (χ1v) is 5.57. The summed E-state index contributed by atoms with van der Waals surface area (Å²) in [5.74, 6) is 0. The number of rotatable bonds is 4. The van der Waals surface area contributed by atoms with E-state index in [1.165, 1.54) is 0 Å². The summed E-state index contributed by atoms with van der Waals surface area (Å²) in [5.41, 5.74) is 0.892. The van der Waals surface area contributed by atoms with Gasteiger partial charge in [-0.2, -0.15) is 0 Å². The lowest BCUT2D eigenvalue weighted by Crippen LogP contribution is -2.22. The second-order valence-corrected chi connectivity index (χ2v) is 4.34. The largest absolute Gasteiger partial charge is 0.391 e. The van der Waals surface area contributed by atoms with Gasteiger partial charge in [-0.3, -0.25) is 0 Å². The highest BCUT2D eigenvalue weighted by Gasteiger charge is 2.12. The molecule has 2 atom stereocenters. The summed E-state index contributed by atoms with van der Waals surface area (Å²) in [5, 5.41) is 19.6. The second kappa shape index (κ2) is 5.71. The van der Waals surface area contributed by atoms with Crippen LogP contribution in [-0.4, -0.2) is 22.4 Å². The molecular weight excluding hydrogens is 235 g/mol. The van der Waals surface area contributed by atoms with Crippen LogP contribution in [0.15, 0.2) is 18.2 Å². The van der Waals surface area contributed by atoms with Crippen LogP contribution in [0.5, 0.6) is 0 Å². The summed E-state index contributed by atoms with van der Waals surface area (Å²) in [4.78, 5) is 0. The molecule has 0 aliphatic heterocycles. The van der Waals surface area contributed by atoms with E-state index in [4.69, 9.17) is 28.3 Å². The minimum atomic E-state index is -0.722. The smallest absolute Gasteiger partial charge is 0.0799 e. The molecule has 2 unspecified atom stereocenters. The van der Waals surface area contributed by atoms with Gasteiger partial charge in [0.25, 0.3) is 0 Å². The third-order valence-electron chi connectivity index (χ3n) is 2.30. The van der Waals surface area contributed by atoms with Crippen molar-refractivity contribution in [3.63, 3.8) is 0 Å². The molecule has 0 aliphatic carbocycles. The topological polar surface area (TPSA) is 40.5 Å². The number of hydrogen-bond donors (Lipinski definition) is 2. The van der Waals surface area contributed by atoms with Crippen LogP contribution in [0.25, 0.3) is 0 Å². The van der Waals surface area contributed by atoms with Crippen molar-refractivity contribution in [1.29, 1.82) is 0 Å². The van der Waals surface area contributed by atoms with Crippen molar-refractivity contribution in [2.75, 3.05) is 0 Å². The molecule has 0 amide bonds. The number of hydrogen-bond acceptors (Lipinski definition) is 2. The summed E-state index contributed by atoms with van der Waals surface area (Å²) >= 11 is 11.8. The van der Waals surface area contributed by atoms with Crippen molar-refractivity contribution in [3.05, 3.63) is 33.8 Å². The molecule has 1 rings (SSSR count). The quantitative estimate of drug-likeness (QED) is 0.861. The van der Waals surface area contributed by atoms with E-state index in [0.717, 1.165) is 5.56 Å². The minimum absolute atomic E-state index is 0.470. The Morgan fingerprint density at radius 3 is 2.53 bits per heavy atom. The molecule has 0 saturated carbocycles. The van der Waals surface area contributed by atoms with Crippen molar-refractivity contribution in [2.24, 2.45) is 0 Å². The molecule has 0 aliphatic rings. The van der Waals surface area contributed by atoms with E-state index in [1.54, 1.807) is 13.0 Å². The highest BCUT2D eigenvalue weighted by molar-refractivity contribution is 6.42. The Bertz CT molecular complexity index is 326. The highest BCUT2D eigenvalue weighted by atomic mass is 35.5. The number of aryl methyl sites for hydroxylation is 1. The van der Waals surface area contributed by atoms with Crippen LogP contribution in [0.1, 0.15) is 18.9 Å². The van der Waals surface area contributed by atoms with Crippen molar-refractivity contribution < 1.29 is 10.2 Å². The van der Waals surface area contributed by atoms with E-state index < -0.39 is 12.2 Å². The van der Waals surface area contributed by atoms with Gasteiger partial charge >= 0.3 is 0 Å². The lowest BCUT2D eigenvalue weighted by Gasteiger charge is -2.13. The van der Waals surface area contributed by atoms with Crippen LogP contribution in [0, 0.1) is 0 Å². The Morgan fingerprint density at radius 2 is 1.93 bits per heavy atom. The molecule has 84 valence electrons. The molecule has 1 aromatic carbocycles. The fourth-order valence-electron chi connectivity index (χ4n) is 1.29. The zero-order chi connectivity index (χ0) is 11.4. The molecule has 0 radical (unpaired) electrons. The van der Waals surface area contributed by atoms with Gasteiger partial charge in [0.15, 0.2) is 0 Å². The van der Waals surface area contributed by atoms with Gasteiger partial charge in [-0.05, 0) is 31.4 Å². The first kappa shape index (κ1) is 12.8. The first-order valence-electron chi connectivity index (χ1n) is 4.81. The van der Waals surface area contributed by atoms with E-state index in [9.17, 15) is 5.11 Å². The normalized spacial score (nSPS) is 15.0. The molecule has 0 fully saturated rings. The van der Waals surface area contributed by atoms with Crippen LogP contribution in [0.2, 0.25) is 10.0 Å². The molecule has 15 heavy (non-hydrogen) atoms. The third kappa shape index (κ3) is 3.65. The molecule has 0 aromatic heterocycles. The lowest BCUT2D eigenvalue weighted by molar-refractivity contribution is 0.0265. The fraction of sp³-hybridized carbons (Fsp3) is 0.455. The van der Waals surface area contributed by atoms with E-state index in [2.05, 4.69) is 0 Å². The zero-order valence-corrected chi connectivity index (χ0v) is 9.96. The summed E-state index contributed by atoms with van der Waals surface area (Å²) in [7, 11) is 0. The van der Waals surface area contributed by atoms with E-state index in [0.29, 0.717) is 22.9 Å². The molecule has 4 heteroatoms. The maximum absolute atomic E-state index is 9.42. The molecular formula is C11H14Cl2O2. The number of benzene rings is 1. The van der Waals surface area contributed by atoms with Gasteiger partial charge in [0, 0.05) is 0 Å². The lowest BCUT2D eigenvalue weighted by atomic mass is 10.0. The van der Waals surface area contributed by atoms with Gasteiger partial charge in [0.1, 0.15) is 0 Å². The van der Waals surface area contributed by atoms with E-state index >= 15 is 0 Å². The van der Waals surface area contributed by atoms with Gasteiger partial charge in [-0.15, -0.1) is 0 Å². The SMILES string of the molecule is CC(O)C(O)CCc1cccc(Cl)c1Cl. The van der Waals surface area contributed by atoms with Crippen molar-refractivity contribution >= 4 is 23.2 Å². The predicted molar refractivity (Wildman–Crippen MR) is 62.5 cm³/mol. The predicted octanol–water partition coefficient (Wildman–Crippen LogP) is 2.67. The fourth-order valence-corrected chi connectivity index (χ4v) is 1.70. The first-order chi connectivity index (χ1) is 7.02.